The summed E-state index contributed by atoms with van der Waals surface area (Å²) in [7, 11) is 1.37. The summed E-state index contributed by atoms with van der Waals surface area (Å²) >= 11 is 5.89. The second-order valence-electron chi connectivity index (χ2n) is 4.57. The highest BCUT2D eigenvalue weighted by molar-refractivity contribution is 6.30. The van der Waals surface area contributed by atoms with Gasteiger partial charge in [0.15, 0.2) is 0 Å². The number of ether oxygens (including phenoxy) is 2. The molecule has 0 spiro atoms. The summed E-state index contributed by atoms with van der Waals surface area (Å²) in [4.78, 5) is 13.5. The lowest BCUT2D eigenvalue weighted by molar-refractivity contribution is 0.0113. The first-order valence-electron chi connectivity index (χ1n) is 6.90. The van der Waals surface area contributed by atoms with E-state index in [4.69, 9.17) is 21.1 Å². The molecule has 0 N–H and O–H groups in total. The number of hydrogen-bond donors (Lipinski definition) is 0. The number of hydrogen-bond acceptors (Lipinski definition) is 3. The molecule has 1 unspecified atom stereocenters. The maximum atomic E-state index is 11.9. The number of methoxy groups -OCH3 is 1. The maximum Gasteiger partial charge on any atom is 0.411 e. The summed E-state index contributed by atoms with van der Waals surface area (Å²) < 4.78 is 10.2. The predicted molar refractivity (Wildman–Crippen MR) is 84.5 cm³/mol. The van der Waals surface area contributed by atoms with Gasteiger partial charge in [-0.2, -0.15) is 0 Å². The van der Waals surface area contributed by atoms with Gasteiger partial charge < -0.3 is 9.47 Å². The molecule has 1 aromatic carbocycles. The summed E-state index contributed by atoms with van der Waals surface area (Å²) in [6.07, 6.45) is 2.74. The van der Waals surface area contributed by atoms with Gasteiger partial charge in [-0.05, 0) is 37.5 Å². The third-order valence-corrected chi connectivity index (χ3v) is 3.36. The van der Waals surface area contributed by atoms with Crippen molar-refractivity contribution in [1.29, 1.82) is 0 Å². The van der Waals surface area contributed by atoms with Crippen LogP contribution in [0.2, 0.25) is 5.02 Å². The van der Waals surface area contributed by atoms with E-state index in [1.165, 1.54) is 7.11 Å². The minimum absolute atomic E-state index is 0.0670. The van der Waals surface area contributed by atoms with Crippen molar-refractivity contribution in [2.75, 3.05) is 20.4 Å². The van der Waals surface area contributed by atoms with Crippen molar-refractivity contribution in [3.8, 4) is 0 Å². The molecule has 1 atom stereocenters. The minimum atomic E-state index is -0.399. The van der Waals surface area contributed by atoms with Gasteiger partial charge in [0.1, 0.15) is 6.73 Å². The van der Waals surface area contributed by atoms with Crippen molar-refractivity contribution in [1.82, 2.24) is 4.90 Å². The molecule has 0 aliphatic heterocycles. The predicted octanol–water partition coefficient (Wildman–Crippen LogP) is 3.89. The van der Waals surface area contributed by atoms with Crippen LogP contribution in [0.25, 0.3) is 0 Å². The highest BCUT2D eigenvalue weighted by Crippen LogP contribution is 2.16. The summed E-state index contributed by atoms with van der Waals surface area (Å²) in [5, 5.41) is 0.693. The Balaban J connectivity index is 2.86. The van der Waals surface area contributed by atoms with Crippen molar-refractivity contribution < 1.29 is 14.3 Å². The van der Waals surface area contributed by atoms with Crippen LogP contribution in [-0.4, -0.2) is 37.5 Å². The van der Waals surface area contributed by atoms with E-state index in [0.717, 1.165) is 5.56 Å². The van der Waals surface area contributed by atoms with Crippen LogP contribution in [0.3, 0.4) is 0 Å². The molecule has 0 radical (unpaired) electrons. The molecule has 0 saturated heterocycles. The van der Waals surface area contributed by atoms with Gasteiger partial charge in [0.25, 0.3) is 0 Å². The number of nitrogens with zero attached hydrogens (tertiary/aromatic N) is 1. The normalized spacial score (nSPS) is 11.8. The first-order valence-corrected chi connectivity index (χ1v) is 7.27. The fourth-order valence-corrected chi connectivity index (χ4v) is 2.15. The molecule has 0 aromatic heterocycles. The molecule has 0 heterocycles. The van der Waals surface area contributed by atoms with Gasteiger partial charge in [0.05, 0.1) is 7.11 Å². The van der Waals surface area contributed by atoms with E-state index in [2.05, 4.69) is 6.58 Å². The first-order chi connectivity index (χ1) is 10.1. The Bertz CT molecular complexity index is 447. The zero-order chi connectivity index (χ0) is 15.7. The van der Waals surface area contributed by atoms with Crippen LogP contribution in [0, 0.1) is 0 Å². The van der Waals surface area contributed by atoms with Gasteiger partial charge in [-0.1, -0.05) is 29.8 Å². The Morgan fingerprint density at radius 3 is 2.62 bits per heavy atom. The zero-order valence-corrected chi connectivity index (χ0v) is 13.3. The van der Waals surface area contributed by atoms with Crippen LogP contribution in [0.1, 0.15) is 18.9 Å². The molecule has 1 amide bonds. The van der Waals surface area contributed by atoms with Crippen molar-refractivity contribution in [2.24, 2.45) is 0 Å². The highest BCUT2D eigenvalue weighted by atomic mass is 35.5. The lowest BCUT2D eigenvalue weighted by atomic mass is 10.0. The van der Waals surface area contributed by atoms with E-state index in [-0.39, 0.29) is 12.8 Å². The molecule has 0 fully saturated rings. The van der Waals surface area contributed by atoms with Crippen LogP contribution in [-0.2, 0) is 15.9 Å². The first kappa shape index (κ1) is 17.5. The van der Waals surface area contributed by atoms with Gasteiger partial charge in [-0.25, -0.2) is 4.79 Å². The van der Waals surface area contributed by atoms with Crippen molar-refractivity contribution in [2.45, 2.75) is 25.8 Å². The fraction of sp³-hybridized carbons (Fsp3) is 0.438. The Morgan fingerprint density at radius 1 is 1.43 bits per heavy atom. The second kappa shape index (κ2) is 9.42. The molecule has 4 nitrogen and oxygen atoms in total. The molecule has 1 aromatic rings. The van der Waals surface area contributed by atoms with Gasteiger partial charge in [-0.3, -0.25) is 4.90 Å². The highest BCUT2D eigenvalue weighted by Gasteiger charge is 2.23. The number of halogens is 1. The molecule has 0 bridgehead atoms. The second-order valence-corrected chi connectivity index (χ2v) is 5.01. The average Bonchev–Trinajstić information content (AvgIpc) is 2.49. The van der Waals surface area contributed by atoms with Gasteiger partial charge in [0.2, 0.25) is 0 Å². The molecule has 0 aliphatic rings. The van der Waals surface area contributed by atoms with E-state index < -0.39 is 6.09 Å². The lowest BCUT2D eigenvalue weighted by Crippen LogP contribution is -2.42. The van der Waals surface area contributed by atoms with E-state index in [0.29, 0.717) is 24.5 Å². The van der Waals surface area contributed by atoms with Crippen LogP contribution in [0.15, 0.2) is 36.9 Å². The number of amides is 1. The Kier molecular flexibility index (Phi) is 7.87. The SMILES string of the molecule is C=CCC(Cc1ccc(Cl)cc1)N(COCC)C(=O)OC. The van der Waals surface area contributed by atoms with Crippen molar-refractivity contribution >= 4 is 17.7 Å². The quantitative estimate of drug-likeness (QED) is 0.540. The van der Waals surface area contributed by atoms with E-state index in [9.17, 15) is 4.79 Å². The largest absolute Gasteiger partial charge is 0.453 e. The number of carbonyl (C=O) groups is 1. The van der Waals surface area contributed by atoms with Crippen LogP contribution in [0.5, 0.6) is 0 Å². The Morgan fingerprint density at radius 2 is 2.10 bits per heavy atom. The summed E-state index contributed by atoms with van der Waals surface area (Å²) in [5.41, 5.74) is 1.09. The summed E-state index contributed by atoms with van der Waals surface area (Å²) in [6.45, 7) is 6.39. The average molecular weight is 312 g/mol. The molecule has 0 saturated carbocycles. The van der Waals surface area contributed by atoms with Crippen LogP contribution < -0.4 is 0 Å². The smallest absolute Gasteiger partial charge is 0.411 e. The lowest BCUT2D eigenvalue weighted by Gasteiger charge is -2.29. The third kappa shape index (κ3) is 5.78. The Labute approximate surface area is 131 Å². The third-order valence-electron chi connectivity index (χ3n) is 3.11. The maximum absolute atomic E-state index is 11.9. The summed E-state index contributed by atoms with van der Waals surface area (Å²) in [5.74, 6) is 0. The number of benzene rings is 1. The fourth-order valence-electron chi connectivity index (χ4n) is 2.02. The zero-order valence-electron chi connectivity index (χ0n) is 12.5. The number of carbonyl (C=O) groups excluding carboxylic acids is 1. The monoisotopic (exact) mass is 311 g/mol. The standard InChI is InChI=1S/C16H22ClNO3/c1-4-6-15(11-13-7-9-14(17)10-8-13)18(12-21-5-2)16(19)20-3/h4,7-10,15H,1,5-6,11-12H2,2-3H3. The van der Waals surface area contributed by atoms with Crippen LogP contribution >= 0.6 is 11.6 Å². The molecule has 1 rings (SSSR count). The molecular weight excluding hydrogens is 290 g/mol. The molecule has 116 valence electrons. The van der Waals surface area contributed by atoms with Crippen molar-refractivity contribution in [3.05, 3.63) is 47.5 Å². The van der Waals surface area contributed by atoms with Gasteiger partial charge in [0, 0.05) is 17.7 Å². The van der Waals surface area contributed by atoms with E-state index >= 15 is 0 Å². The topological polar surface area (TPSA) is 38.8 Å². The van der Waals surface area contributed by atoms with Gasteiger partial charge in [-0.15, -0.1) is 6.58 Å². The van der Waals surface area contributed by atoms with Gasteiger partial charge >= 0.3 is 6.09 Å². The molecule has 5 heteroatoms. The molecule has 0 aliphatic carbocycles. The van der Waals surface area contributed by atoms with Crippen molar-refractivity contribution in [3.63, 3.8) is 0 Å². The minimum Gasteiger partial charge on any atom is -0.453 e. The molecular formula is C16H22ClNO3. The Hall–Kier alpha value is -1.52. The van der Waals surface area contributed by atoms with Crippen LogP contribution in [0.4, 0.5) is 4.79 Å². The van der Waals surface area contributed by atoms with E-state index in [1.54, 1.807) is 11.0 Å². The van der Waals surface area contributed by atoms with E-state index in [1.807, 2.05) is 31.2 Å². The summed E-state index contributed by atoms with van der Waals surface area (Å²) in [6, 6.07) is 7.52. The molecule has 21 heavy (non-hydrogen) atoms. The number of rotatable bonds is 8.